The highest BCUT2D eigenvalue weighted by Crippen LogP contribution is 2.14. The Morgan fingerprint density at radius 1 is 1.39 bits per heavy atom. The smallest absolute Gasteiger partial charge is 0.259 e. The molecule has 5 nitrogen and oxygen atoms in total. The van der Waals surface area contributed by atoms with Gasteiger partial charge >= 0.3 is 0 Å². The highest BCUT2D eigenvalue weighted by molar-refractivity contribution is 5.94. The monoisotopic (exact) mass is 252 g/mol. The summed E-state index contributed by atoms with van der Waals surface area (Å²) in [7, 11) is 1.43. The number of H-pyrrole nitrogens is 1. The zero-order valence-corrected chi connectivity index (χ0v) is 9.52. The van der Waals surface area contributed by atoms with Crippen molar-refractivity contribution in [2.75, 3.05) is 7.05 Å². The number of nitrogens with one attached hydrogen (secondary N) is 1. The first-order valence-electron chi connectivity index (χ1n) is 5.13. The SMILES string of the molecule is CN(Cc1ncn[nH]1)C(=O)c1c(F)cccc1F. The van der Waals surface area contributed by atoms with Crippen LogP contribution in [0.3, 0.4) is 0 Å². The number of aromatic amines is 1. The van der Waals surface area contributed by atoms with Crippen LogP contribution in [0.25, 0.3) is 0 Å². The van der Waals surface area contributed by atoms with Gasteiger partial charge in [0.25, 0.3) is 5.91 Å². The topological polar surface area (TPSA) is 61.9 Å². The van der Waals surface area contributed by atoms with Crippen LogP contribution in [-0.2, 0) is 6.54 Å². The molecule has 0 saturated carbocycles. The molecule has 94 valence electrons. The fourth-order valence-electron chi connectivity index (χ4n) is 1.50. The molecular weight excluding hydrogens is 242 g/mol. The van der Waals surface area contributed by atoms with E-state index in [-0.39, 0.29) is 6.54 Å². The Morgan fingerprint density at radius 2 is 2.06 bits per heavy atom. The van der Waals surface area contributed by atoms with Gasteiger partial charge in [0.15, 0.2) is 0 Å². The number of hydrogen-bond acceptors (Lipinski definition) is 3. The van der Waals surface area contributed by atoms with Crippen LogP contribution in [0.4, 0.5) is 8.78 Å². The van der Waals surface area contributed by atoms with Crippen molar-refractivity contribution in [2.24, 2.45) is 0 Å². The van der Waals surface area contributed by atoms with E-state index in [2.05, 4.69) is 15.2 Å². The molecule has 1 amide bonds. The molecule has 0 saturated heterocycles. The van der Waals surface area contributed by atoms with Gasteiger partial charge in [0.1, 0.15) is 29.3 Å². The maximum atomic E-state index is 13.4. The fourth-order valence-corrected chi connectivity index (χ4v) is 1.50. The van der Waals surface area contributed by atoms with Crippen molar-refractivity contribution in [3.8, 4) is 0 Å². The molecule has 0 fully saturated rings. The van der Waals surface area contributed by atoms with Crippen molar-refractivity contribution >= 4 is 5.91 Å². The molecule has 1 N–H and O–H groups in total. The van der Waals surface area contributed by atoms with E-state index >= 15 is 0 Å². The zero-order valence-electron chi connectivity index (χ0n) is 9.52. The van der Waals surface area contributed by atoms with Gasteiger partial charge in [0.05, 0.1) is 6.54 Å². The number of carbonyl (C=O) groups is 1. The van der Waals surface area contributed by atoms with Crippen molar-refractivity contribution in [3.05, 3.63) is 47.5 Å². The second-order valence-corrected chi connectivity index (χ2v) is 3.69. The van der Waals surface area contributed by atoms with Gasteiger partial charge in [-0.05, 0) is 12.1 Å². The summed E-state index contributed by atoms with van der Waals surface area (Å²) in [4.78, 5) is 16.9. The summed E-state index contributed by atoms with van der Waals surface area (Å²) in [6, 6.07) is 3.29. The molecule has 2 rings (SSSR count). The number of benzene rings is 1. The third-order valence-electron chi connectivity index (χ3n) is 2.38. The normalized spacial score (nSPS) is 10.4. The van der Waals surface area contributed by atoms with Gasteiger partial charge in [-0.2, -0.15) is 5.10 Å². The van der Waals surface area contributed by atoms with Crippen LogP contribution < -0.4 is 0 Å². The second kappa shape index (κ2) is 4.91. The first-order valence-corrected chi connectivity index (χ1v) is 5.13. The predicted molar refractivity (Wildman–Crippen MR) is 58.5 cm³/mol. The molecule has 18 heavy (non-hydrogen) atoms. The fraction of sp³-hybridized carbons (Fsp3) is 0.182. The lowest BCUT2D eigenvalue weighted by molar-refractivity contribution is 0.0772. The van der Waals surface area contributed by atoms with Crippen LogP contribution in [0.1, 0.15) is 16.2 Å². The lowest BCUT2D eigenvalue weighted by Crippen LogP contribution is -2.28. The lowest BCUT2D eigenvalue weighted by Gasteiger charge is -2.16. The Morgan fingerprint density at radius 3 is 2.61 bits per heavy atom. The minimum Gasteiger partial charge on any atom is -0.334 e. The molecule has 0 aliphatic heterocycles. The van der Waals surface area contributed by atoms with Crippen molar-refractivity contribution < 1.29 is 13.6 Å². The van der Waals surface area contributed by atoms with E-state index in [1.165, 1.54) is 19.4 Å². The minimum absolute atomic E-state index is 0.0899. The molecule has 0 bridgehead atoms. The third-order valence-corrected chi connectivity index (χ3v) is 2.38. The first-order chi connectivity index (χ1) is 8.59. The number of halogens is 2. The second-order valence-electron chi connectivity index (χ2n) is 3.69. The number of rotatable bonds is 3. The maximum Gasteiger partial charge on any atom is 0.259 e. The van der Waals surface area contributed by atoms with E-state index < -0.39 is 23.1 Å². The minimum atomic E-state index is -0.885. The summed E-state index contributed by atoms with van der Waals surface area (Å²) in [5.74, 6) is -2.08. The van der Waals surface area contributed by atoms with E-state index in [9.17, 15) is 13.6 Å². The molecular formula is C11H10F2N4O. The first kappa shape index (κ1) is 12.2. The molecule has 7 heteroatoms. The van der Waals surface area contributed by atoms with Gasteiger partial charge in [-0.3, -0.25) is 9.89 Å². The Hall–Kier alpha value is -2.31. The highest BCUT2D eigenvalue weighted by atomic mass is 19.1. The van der Waals surface area contributed by atoms with E-state index in [4.69, 9.17) is 0 Å². The van der Waals surface area contributed by atoms with Crippen LogP contribution in [0.5, 0.6) is 0 Å². The molecule has 0 spiro atoms. The summed E-state index contributed by atoms with van der Waals surface area (Å²) < 4.78 is 26.8. The number of hydrogen-bond donors (Lipinski definition) is 1. The van der Waals surface area contributed by atoms with Crippen LogP contribution >= 0.6 is 0 Å². The van der Waals surface area contributed by atoms with Crippen molar-refractivity contribution in [2.45, 2.75) is 6.54 Å². The van der Waals surface area contributed by atoms with Crippen molar-refractivity contribution in [3.63, 3.8) is 0 Å². The summed E-state index contributed by atoms with van der Waals surface area (Å²) in [6.07, 6.45) is 1.29. The number of nitrogens with zero attached hydrogens (tertiary/aromatic N) is 3. The Bertz CT molecular complexity index is 536. The molecule has 0 atom stereocenters. The van der Waals surface area contributed by atoms with E-state index in [1.807, 2.05) is 0 Å². The van der Waals surface area contributed by atoms with Crippen molar-refractivity contribution in [1.82, 2.24) is 20.1 Å². The summed E-state index contributed by atoms with van der Waals surface area (Å²) in [5, 5.41) is 6.18. The number of aromatic nitrogens is 3. The summed E-state index contributed by atoms with van der Waals surface area (Å²) >= 11 is 0. The Balaban J connectivity index is 2.21. The third kappa shape index (κ3) is 2.34. The largest absolute Gasteiger partial charge is 0.334 e. The van der Waals surface area contributed by atoms with Gasteiger partial charge in [-0.25, -0.2) is 13.8 Å². The molecule has 0 radical (unpaired) electrons. The van der Waals surface area contributed by atoms with Gasteiger partial charge < -0.3 is 4.90 Å². The Labute approximate surface area is 101 Å². The van der Waals surface area contributed by atoms with E-state index in [0.717, 1.165) is 17.0 Å². The molecule has 1 aromatic heterocycles. The lowest BCUT2D eigenvalue weighted by atomic mass is 10.1. The van der Waals surface area contributed by atoms with Crippen LogP contribution in [0, 0.1) is 11.6 Å². The Kier molecular flexibility index (Phi) is 3.31. The van der Waals surface area contributed by atoms with Gasteiger partial charge in [-0.15, -0.1) is 0 Å². The number of carbonyl (C=O) groups excluding carboxylic acids is 1. The number of amides is 1. The maximum absolute atomic E-state index is 13.4. The molecule has 2 aromatic rings. The van der Waals surface area contributed by atoms with Gasteiger partial charge in [0.2, 0.25) is 0 Å². The van der Waals surface area contributed by atoms with E-state index in [0.29, 0.717) is 5.82 Å². The van der Waals surface area contributed by atoms with Crippen LogP contribution in [-0.4, -0.2) is 33.0 Å². The average molecular weight is 252 g/mol. The predicted octanol–water partition coefficient (Wildman–Crippen LogP) is 1.36. The van der Waals surface area contributed by atoms with E-state index in [1.54, 1.807) is 0 Å². The molecule has 1 heterocycles. The summed E-state index contributed by atoms with van der Waals surface area (Å²) in [6.45, 7) is 0.0899. The standard InChI is InChI=1S/C11H10F2N4O/c1-17(5-9-14-6-15-16-9)11(18)10-7(12)3-2-4-8(10)13/h2-4,6H,5H2,1H3,(H,14,15,16). The van der Waals surface area contributed by atoms with Crippen LogP contribution in [0.2, 0.25) is 0 Å². The zero-order chi connectivity index (χ0) is 13.1. The molecule has 0 aliphatic carbocycles. The van der Waals surface area contributed by atoms with Crippen LogP contribution in [0.15, 0.2) is 24.5 Å². The quantitative estimate of drug-likeness (QED) is 0.897. The summed E-state index contributed by atoms with van der Waals surface area (Å²) in [5.41, 5.74) is -0.570. The highest BCUT2D eigenvalue weighted by Gasteiger charge is 2.21. The molecule has 1 aromatic carbocycles. The van der Waals surface area contributed by atoms with Gasteiger partial charge in [0, 0.05) is 7.05 Å². The average Bonchev–Trinajstić information content (AvgIpc) is 2.81. The van der Waals surface area contributed by atoms with Crippen molar-refractivity contribution in [1.29, 1.82) is 0 Å². The van der Waals surface area contributed by atoms with Gasteiger partial charge in [-0.1, -0.05) is 6.07 Å². The molecule has 0 aliphatic rings. The molecule has 0 unspecified atom stereocenters.